The molecule has 1 aliphatic rings. The van der Waals surface area contributed by atoms with Crippen molar-refractivity contribution in [2.24, 2.45) is 5.92 Å². The summed E-state index contributed by atoms with van der Waals surface area (Å²) in [5.41, 5.74) is 5.57. The second kappa shape index (κ2) is 4.53. The van der Waals surface area contributed by atoms with Gasteiger partial charge in [-0.25, -0.2) is 0 Å². The van der Waals surface area contributed by atoms with Crippen molar-refractivity contribution >= 4 is 21.7 Å². The Kier molecular flexibility index (Phi) is 3.31. The van der Waals surface area contributed by atoms with Crippen LogP contribution in [-0.4, -0.2) is 17.9 Å². The van der Waals surface area contributed by atoms with E-state index in [1.807, 2.05) is 6.92 Å². The number of hydrogen-bond donors (Lipinski definition) is 1. The summed E-state index contributed by atoms with van der Waals surface area (Å²) in [5, 5.41) is 3.71. The summed E-state index contributed by atoms with van der Waals surface area (Å²) in [6.45, 7) is 2.83. The van der Waals surface area contributed by atoms with Crippen LogP contribution in [0.1, 0.15) is 25.5 Å². The van der Waals surface area contributed by atoms with E-state index in [2.05, 4.69) is 21.1 Å². The molecule has 0 amide bonds. The van der Waals surface area contributed by atoms with Crippen LogP contribution in [-0.2, 0) is 11.2 Å². The standard InChI is InChI=1S/C10H15BrN2O2/c1-2-14-7-3-6(4-7)5-8-9(11)10(12)13-15-8/h6-7H,2-5H2,1H3,(H2,12,13). The minimum atomic E-state index is 0.436. The summed E-state index contributed by atoms with van der Waals surface area (Å²) in [6.07, 6.45) is 3.56. The topological polar surface area (TPSA) is 61.3 Å². The van der Waals surface area contributed by atoms with Crippen molar-refractivity contribution in [3.8, 4) is 0 Å². The fourth-order valence-corrected chi connectivity index (χ4v) is 2.24. The zero-order valence-electron chi connectivity index (χ0n) is 8.70. The van der Waals surface area contributed by atoms with Crippen molar-refractivity contribution in [1.82, 2.24) is 5.16 Å². The van der Waals surface area contributed by atoms with Gasteiger partial charge in [0.1, 0.15) is 4.47 Å². The van der Waals surface area contributed by atoms with Crippen molar-refractivity contribution in [2.75, 3.05) is 12.3 Å². The Balaban J connectivity index is 1.82. The maximum Gasteiger partial charge on any atom is 0.181 e. The molecule has 1 fully saturated rings. The first kappa shape index (κ1) is 11.0. The lowest BCUT2D eigenvalue weighted by molar-refractivity contribution is -0.0255. The molecule has 15 heavy (non-hydrogen) atoms. The molecular formula is C10H15BrN2O2. The Morgan fingerprint density at radius 2 is 2.33 bits per heavy atom. The third kappa shape index (κ3) is 2.34. The molecule has 0 aliphatic heterocycles. The monoisotopic (exact) mass is 274 g/mol. The second-order valence-corrected chi connectivity index (χ2v) is 4.72. The smallest absolute Gasteiger partial charge is 0.181 e. The van der Waals surface area contributed by atoms with Crippen LogP contribution in [0, 0.1) is 5.92 Å². The highest BCUT2D eigenvalue weighted by Crippen LogP contribution is 2.35. The molecule has 1 heterocycles. The average Bonchev–Trinajstić information content (AvgIpc) is 2.46. The van der Waals surface area contributed by atoms with E-state index in [0.717, 1.165) is 36.1 Å². The number of rotatable bonds is 4. The first-order valence-electron chi connectivity index (χ1n) is 5.21. The Bertz CT molecular complexity index is 334. The third-order valence-corrected chi connectivity index (χ3v) is 3.64. The molecule has 84 valence electrons. The van der Waals surface area contributed by atoms with Gasteiger partial charge in [-0.1, -0.05) is 5.16 Å². The maximum atomic E-state index is 5.57. The van der Waals surface area contributed by atoms with Gasteiger partial charge in [0.25, 0.3) is 0 Å². The number of nitrogens with zero attached hydrogens (tertiary/aromatic N) is 1. The summed E-state index contributed by atoms with van der Waals surface area (Å²) in [5.74, 6) is 1.93. The maximum absolute atomic E-state index is 5.57. The fourth-order valence-electron chi connectivity index (χ4n) is 1.93. The van der Waals surface area contributed by atoms with Gasteiger partial charge in [0.2, 0.25) is 0 Å². The lowest BCUT2D eigenvalue weighted by Gasteiger charge is -2.34. The largest absolute Gasteiger partial charge is 0.380 e. The molecule has 1 aromatic rings. The SMILES string of the molecule is CCOC1CC(Cc2onc(N)c2Br)C1. The molecule has 2 rings (SSSR count). The number of ether oxygens (including phenoxy) is 1. The Morgan fingerprint density at radius 3 is 2.87 bits per heavy atom. The number of hydrogen-bond acceptors (Lipinski definition) is 4. The van der Waals surface area contributed by atoms with Crippen LogP contribution in [0.15, 0.2) is 9.00 Å². The minimum Gasteiger partial charge on any atom is -0.380 e. The Morgan fingerprint density at radius 1 is 1.60 bits per heavy atom. The van der Waals surface area contributed by atoms with Gasteiger partial charge in [-0.3, -0.25) is 0 Å². The molecule has 0 spiro atoms. The lowest BCUT2D eigenvalue weighted by Crippen LogP contribution is -2.32. The Hall–Kier alpha value is -0.550. The van der Waals surface area contributed by atoms with Crippen LogP contribution < -0.4 is 5.73 Å². The Labute approximate surface area is 97.3 Å². The molecule has 1 aliphatic carbocycles. The van der Waals surface area contributed by atoms with E-state index in [1.54, 1.807) is 0 Å². The van der Waals surface area contributed by atoms with Crippen LogP contribution >= 0.6 is 15.9 Å². The van der Waals surface area contributed by atoms with E-state index < -0.39 is 0 Å². The molecule has 0 radical (unpaired) electrons. The molecule has 1 saturated carbocycles. The van der Waals surface area contributed by atoms with Gasteiger partial charge in [-0.15, -0.1) is 0 Å². The van der Waals surface area contributed by atoms with Gasteiger partial charge in [0.05, 0.1) is 6.10 Å². The molecule has 4 nitrogen and oxygen atoms in total. The predicted octanol–water partition coefficient (Wildman–Crippen LogP) is 2.38. The highest BCUT2D eigenvalue weighted by Gasteiger charge is 2.31. The summed E-state index contributed by atoms with van der Waals surface area (Å²) in [6, 6.07) is 0. The highest BCUT2D eigenvalue weighted by atomic mass is 79.9. The summed E-state index contributed by atoms with van der Waals surface area (Å²) < 4.78 is 11.4. The van der Waals surface area contributed by atoms with Crippen LogP contribution in [0.3, 0.4) is 0 Å². The van der Waals surface area contributed by atoms with Gasteiger partial charge in [-0.05, 0) is 41.6 Å². The molecular weight excluding hydrogens is 260 g/mol. The van der Waals surface area contributed by atoms with Gasteiger partial charge < -0.3 is 15.0 Å². The fraction of sp³-hybridized carbons (Fsp3) is 0.700. The number of aromatic nitrogens is 1. The first-order valence-corrected chi connectivity index (χ1v) is 6.01. The second-order valence-electron chi connectivity index (χ2n) is 3.92. The van der Waals surface area contributed by atoms with Crippen LogP contribution in [0.25, 0.3) is 0 Å². The summed E-state index contributed by atoms with van der Waals surface area (Å²) in [7, 11) is 0. The molecule has 0 bridgehead atoms. The van der Waals surface area contributed by atoms with Crippen molar-refractivity contribution in [3.63, 3.8) is 0 Å². The van der Waals surface area contributed by atoms with Crippen molar-refractivity contribution in [3.05, 3.63) is 10.2 Å². The third-order valence-electron chi connectivity index (χ3n) is 2.79. The van der Waals surface area contributed by atoms with E-state index in [9.17, 15) is 0 Å². The van der Waals surface area contributed by atoms with Crippen LogP contribution in [0.5, 0.6) is 0 Å². The molecule has 0 unspecified atom stereocenters. The van der Waals surface area contributed by atoms with Gasteiger partial charge in [-0.2, -0.15) is 0 Å². The zero-order chi connectivity index (χ0) is 10.8. The van der Waals surface area contributed by atoms with E-state index in [-0.39, 0.29) is 0 Å². The van der Waals surface area contributed by atoms with Crippen molar-refractivity contribution in [1.29, 1.82) is 0 Å². The van der Waals surface area contributed by atoms with Gasteiger partial charge in [0, 0.05) is 13.0 Å². The molecule has 2 N–H and O–H groups in total. The molecule has 0 saturated heterocycles. The summed E-state index contributed by atoms with van der Waals surface area (Å²) >= 11 is 3.37. The number of halogens is 1. The van der Waals surface area contributed by atoms with E-state index in [0.29, 0.717) is 17.8 Å². The number of anilines is 1. The normalized spacial score (nSPS) is 25.2. The first-order chi connectivity index (χ1) is 7.20. The minimum absolute atomic E-state index is 0.436. The quantitative estimate of drug-likeness (QED) is 0.916. The molecule has 0 aromatic carbocycles. The number of nitrogen functional groups attached to an aromatic ring is 1. The van der Waals surface area contributed by atoms with Gasteiger partial charge in [0.15, 0.2) is 11.6 Å². The predicted molar refractivity (Wildman–Crippen MR) is 60.5 cm³/mol. The summed E-state index contributed by atoms with van der Waals surface area (Å²) in [4.78, 5) is 0. The highest BCUT2D eigenvalue weighted by molar-refractivity contribution is 9.10. The van der Waals surface area contributed by atoms with Crippen LogP contribution in [0.2, 0.25) is 0 Å². The number of nitrogens with two attached hydrogens (primary N) is 1. The molecule has 1 aromatic heterocycles. The molecule has 5 heteroatoms. The van der Waals surface area contributed by atoms with Crippen molar-refractivity contribution in [2.45, 2.75) is 32.3 Å². The van der Waals surface area contributed by atoms with Gasteiger partial charge >= 0.3 is 0 Å². The van der Waals surface area contributed by atoms with E-state index in [1.165, 1.54) is 0 Å². The van der Waals surface area contributed by atoms with E-state index >= 15 is 0 Å². The van der Waals surface area contributed by atoms with Crippen molar-refractivity contribution < 1.29 is 9.26 Å². The average molecular weight is 275 g/mol. The molecule has 0 atom stereocenters. The van der Waals surface area contributed by atoms with E-state index in [4.69, 9.17) is 15.0 Å². The zero-order valence-corrected chi connectivity index (χ0v) is 10.3. The van der Waals surface area contributed by atoms with Crippen LogP contribution in [0.4, 0.5) is 5.82 Å². The lowest BCUT2D eigenvalue weighted by atomic mass is 9.79.